The largest absolute Gasteiger partial charge is 0.317 e. The number of terminal acetylenes is 1. The van der Waals surface area contributed by atoms with Gasteiger partial charge in [-0.3, -0.25) is 0 Å². The monoisotopic (exact) mass is 272 g/mol. The summed E-state index contributed by atoms with van der Waals surface area (Å²) in [7, 11) is -3.16. The molecule has 0 aromatic heterocycles. The summed E-state index contributed by atoms with van der Waals surface area (Å²) in [5.74, 6) is 3.20. The van der Waals surface area contributed by atoms with E-state index in [1.165, 1.54) is 4.31 Å². The van der Waals surface area contributed by atoms with Crippen LogP contribution in [0.3, 0.4) is 0 Å². The van der Waals surface area contributed by atoms with Gasteiger partial charge in [-0.1, -0.05) is 12.8 Å². The predicted octanol–water partition coefficient (Wildman–Crippen LogP) is 1.05. The molecule has 0 heterocycles. The van der Waals surface area contributed by atoms with Crippen LogP contribution in [-0.2, 0) is 10.0 Å². The van der Waals surface area contributed by atoms with Crippen molar-refractivity contribution in [2.45, 2.75) is 32.6 Å². The van der Waals surface area contributed by atoms with Gasteiger partial charge in [0.15, 0.2) is 0 Å². The zero-order valence-electron chi connectivity index (χ0n) is 11.2. The summed E-state index contributed by atoms with van der Waals surface area (Å²) in [5.41, 5.74) is 0. The second-order valence-corrected chi connectivity index (χ2v) is 6.91. The molecule has 0 atom stereocenters. The Hall–Kier alpha value is -0.570. The normalized spacial score (nSPS) is 15.8. The minimum atomic E-state index is -3.16. The Morgan fingerprint density at radius 1 is 1.39 bits per heavy atom. The summed E-state index contributed by atoms with van der Waals surface area (Å²) in [6.07, 6.45) is 9.11. The highest BCUT2D eigenvalue weighted by Gasteiger charge is 2.29. The van der Waals surface area contributed by atoms with Gasteiger partial charge in [0.05, 0.1) is 12.3 Å². The van der Waals surface area contributed by atoms with Gasteiger partial charge in [-0.05, 0) is 44.7 Å². The van der Waals surface area contributed by atoms with E-state index in [-0.39, 0.29) is 12.3 Å². The van der Waals surface area contributed by atoms with Crippen LogP contribution >= 0.6 is 0 Å². The molecule has 5 heteroatoms. The molecule has 1 rings (SSSR count). The molecule has 0 amide bonds. The lowest BCUT2D eigenvalue weighted by Gasteiger charge is -2.19. The molecule has 104 valence electrons. The van der Waals surface area contributed by atoms with Crippen molar-refractivity contribution in [3.8, 4) is 12.3 Å². The number of unbranched alkanes of at least 4 members (excludes halogenated alkanes) is 1. The number of hydrogen-bond acceptors (Lipinski definition) is 3. The molecule has 0 aromatic rings. The lowest BCUT2D eigenvalue weighted by molar-refractivity contribution is 0.428. The van der Waals surface area contributed by atoms with Crippen molar-refractivity contribution >= 4 is 10.0 Å². The average Bonchev–Trinajstić information content (AvgIpc) is 3.12. The van der Waals surface area contributed by atoms with E-state index >= 15 is 0 Å². The summed E-state index contributed by atoms with van der Waals surface area (Å²) in [4.78, 5) is 0. The molecule has 1 aliphatic carbocycles. The van der Waals surface area contributed by atoms with Crippen LogP contribution < -0.4 is 5.32 Å². The van der Waals surface area contributed by atoms with Crippen molar-refractivity contribution in [1.82, 2.24) is 9.62 Å². The van der Waals surface area contributed by atoms with E-state index in [4.69, 9.17) is 6.42 Å². The number of nitrogens with one attached hydrogen (secondary N) is 1. The molecule has 0 radical (unpaired) electrons. The highest BCUT2D eigenvalue weighted by Crippen LogP contribution is 2.30. The first-order valence-electron chi connectivity index (χ1n) is 6.72. The Kier molecular flexibility index (Phi) is 6.69. The lowest BCUT2D eigenvalue weighted by atomic mass is 10.3. The Labute approximate surface area is 111 Å². The van der Waals surface area contributed by atoms with E-state index in [1.54, 1.807) is 0 Å². The van der Waals surface area contributed by atoms with Crippen molar-refractivity contribution in [2.75, 3.05) is 31.9 Å². The van der Waals surface area contributed by atoms with Crippen LogP contribution in [0.25, 0.3) is 0 Å². The first kappa shape index (κ1) is 15.5. The molecule has 0 bridgehead atoms. The highest BCUT2D eigenvalue weighted by molar-refractivity contribution is 7.89. The molecule has 1 N–H and O–H groups in total. The van der Waals surface area contributed by atoms with Gasteiger partial charge in [-0.2, -0.15) is 4.31 Å². The minimum absolute atomic E-state index is 0.214. The van der Waals surface area contributed by atoms with Crippen LogP contribution in [0.1, 0.15) is 32.6 Å². The Balaban J connectivity index is 2.35. The highest BCUT2D eigenvalue weighted by atomic mass is 32.2. The van der Waals surface area contributed by atoms with E-state index < -0.39 is 10.0 Å². The van der Waals surface area contributed by atoms with E-state index in [2.05, 4.69) is 11.2 Å². The van der Waals surface area contributed by atoms with Gasteiger partial charge >= 0.3 is 0 Å². The smallest absolute Gasteiger partial charge is 0.214 e. The molecular formula is C13H24N2O2S. The third-order valence-corrected chi connectivity index (χ3v) is 4.95. The van der Waals surface area contributed by atoms with Gasteiger partial charge in [-0.25, -0.2) is 8.42 Å². The van der Waals surface area contributed by atoms with Crippen LogP contribution in [0.2, 0.25) is 0 Å². The van der Waals surface area contributed by atoms with E-state index in [0.29, 0.717) is 18.9 Å². The van der Waals surface area contributed by atoms with Gasteiger partial charge in [0.2, 0.25) is 10.0 Å². The minimum Gasteiger partial charge on any atom is -0.317 e. The fourth-order valence-corrected chi connectivity index (χ4v) is 3.34. The van der Waals surface area contributed by atoms with Crippen molar-refractivity contribution < 1.29 is 8.42 Å². The van der Waals surface area contributed by atoms with Crippen LogP contribution in [0.15, 0.2) is 0 Å². The Bertz CT molecular complexity index is 369. The lowest BCUT2D eigenvalue weighted by Crippen LogP contribution is -2.35. The molecule has 0 unspecified atom stereocenters. The zero-order chi connectivity index (χ0) is 13.4. The summed E-state index contributed by atoms with van der Waals surface area (Å²) < 4.78 is 25.7. The van der Waals surface area contributed by atoms with E-state index in [0.717, 1.165) is 32.4 Å². The molecular weight excluding hydrogens is 248 g/mol. The SMILES string of the molecule is C#CCN(CC1CC1)S(=O)(=O)CCCCNCC. The van der Waals surface area contributed by atoms with Crippen molar-refractivity contribution in [3.05, 3.63) is 0 Å². The van der Waals surface area contributed by atoms with Crippen molar-refractivity contribution in [2.24, 2.45) is 5.92 Å². The van der Waals surface area contributed by atoms with Crippen LogP contribution in [0.4, 0.5) is 0 Å². The third-order valence-electron chi connectivity index (χ3n) is 3.08. The topological polar surface area (TPSA) is 49.4 Å². The van der Waals surface area contributed by atoms with Crippen molar-refractivity contribution in [3.63, 3.8) is 0 Å². The fraction of sp³-hybridized carbons (Fsp3) is 0.846. The number of nitrogens with zero attached hydrogens (tertiary/aromatic N) is 1. The molecule has 0 spiro atoms. The first-order valence-corrected chi connectivity index (χ1v) is 8.33. The van der Waals surface area contributed by atoms with Crippen LogP contribution in [-0.4, -0.2) is 44.7 Å². The summed E-state index contributed by atoms with van der Waals surface area (Å²) in [6, 6.07) is 0. The maximum Gasteiger partial charge on any atom is 0.214 e. The quantitative estimate of drug-likeness (QED) is 0.478. The molecule has 18 heavy (non-hydrogen) atoms. The van der Waals surface area contributed by atoms with Crippen LogP contribution in [0.5, 0.6) is 0 Å². The van der Waals surface area contributed by atoms with Gasteiger partial charge in [-0.15, -0.1) is 6.42 Å². The Morgan fingerprint density at radius 2 is 2.11 bits per heavy atom. The van der Waals surface area contributed by atoms with Gasteiger partial charge in [0.25, 0.3) is 0 Å². The Morgan fingerprint density at radius 3 is 2.67 bits per heavy atom. The molecule has 1 saturated carbocycles. The standard InChI is InChI=1S/C13H24N2O2S/c1-3-10-15(12-13-7-8-13)18(16,17)11-6-5-9-14-4-2/h1,13-14H,4-12H2,2H3. The summed E-state index contributed by atoms with van der Waals surface area (Å²) in [6.45, 7) is 4.67. The molecule has 0 saturated heterocycles. The molecule has 1 fully saturated rings. The van der Waals surface area contributed by atoms with E-state index in [1.807, 2.05) is 6.92 Å². The van der Waals surface area contributed by atoms with Gasteiger partial charge in [0, 0.05) is 6.54 Å². The molecule has 1 aliphatic rings. The third kappa shape index (κ3) is 5.85. The number of rotatable bonds is 10. The van der Waals surface area contributed by atoms with Crippen LogP contribution in [0, 0.1) is 18.3 Å². The van der Waals surface area contributed by atoms with E-state index in [9.17, 15) is 8.42 Å². The predicted molar refractivity (Wildman–Crippen MR) is 74.7 cm³/mol. The van der Waals surface area contributed by atoms with Gasteiger partial charge in [0.1, 0.15) is 0 Å². The second kappa shape index (κ2) is 7.78. The fourth-order valence-electron chi connectivity index (χ4n) is 1.81. The summed E-state index contributed by atoms with van der Waals surface area (Å²) in [5, 5.41) is 3.19. The zero-order valence-corrected chi connectivity index (χ0v) is 12.0. The molecule has 4 nitrogen and oxygen atoms in total. The average molecular weight is 272 g/mol. The van der Waals surface area contributed by atoms with Crippen molar-refractivity contribution in [1.29, 1.82) is 0 Å². The second-order valence-electron chi connectivity index (χ2n) is 4.82. The van der Waals surface area contributed by atoms with Gasteiger partial charge < -0.3 is 5.32 Å². The number of hydrogen-bond donors (Lipinski definition) is 1. The maximum absolute atomic E-state index is 12.1. The maximum atomic E-state index is 12.1. The first-order chi connectivity index (χ1) is 8.60. The molecule has 0 aliphatic heterocycles. The number of sulfonamides is 1. The molecule has 0 aromatic carbocycles. The summed E-state index contributed by atoms with van der Waals surface area (Å²) >= 11 is 0.